The van der Waals surface area contributed by atoms with Crippen molar-refractivity contribution in [3.63, 3.8) is 0 Å². The molecule has 0 aliphatic carbocycles. The van der Waals surface area contributed by atoms with Crippen LogP contribution >= 0.6 is 8.60 Å². The number of carboxylic acids is 1. The molecule has 0 spiro atoms. The van der Waals surface area contributed by atoms with E-state index in [2.05, 4.69) is 20.8 Å². The molecule has 0 heterocycles. The molecule has 0 radical (unpaired) electrons. The minimum atomic E-state index is -2.26. The SMILES string of the molecule is CC(C)(C)CCOCCCCCCCCCOP(O)OC(CC(=O)O)C([O-])[N+](C)(C)C. The van der Waals surface area contributed by atoms with Crippen molar-refractivity contribution < 1.29 is 38.2 Å². The summed E-state index contributed by atoms with van der Waals surface area (Å²) in [5.74, 6) is -1.14. The van der Waals surface area contributed by atoms with Gasteiger partial charge in [-0.15, -0.1) is 0 Å². The third kappa shape index (κ3) is 18.9. The smallest absolute Gasteiger partial charge is 0.330 e. The molecule has 186 valence electrons. The van der Waals surface area contributed by atoms with Crippen LogP contribution in [0.25, 0.3) is 0 Å². The van der Waals surface area contributed by atoms with E-state index in [1.54, 1.807) is 21.1 Å². The maximum absolute atomic E-state index is 12.4. The second-order valence-electron chi connectivity index (χ2n) is 10.2. The first-order valence-electron chi connectivity index (χ1n) is 11.4. The molecule has 0 amide bonds. The summed E-state index contributed by atoms with van der Waals surface area (Å²) in [5.41, 5.74) is 0.331. The van der Waals surface area contributed by atoms with Crippen molar-refractivity contribution in [2.45, 2.75) is 90.9 Å². The topological polar surface area (TPSA) is 108 Å². The summed E-state index contributed by atoms with van der Waals surface area (Å²) in [5, 5.41) is 21.3. The molecule has 0 saturated heterocycles. The molecule has 3 unspecified atom stereocenters. The van der Waals surface area contributed by atoms with Gasteiger partial charge < -0.3 is 33.4 Å². The Hall–Kier alpha value is -0.340. The highest BCUT2D eigenvalue weighted by atomic mass is 31.2. The maximum Gasteiger partial charge on any atom is 0.330 e. The van der Waals surface area contributed by atoms with Gasteiger partial charge >= 0.3 is 14.6 Å². The molecule has 0 aliphatic heterocycles. The Kier molecular flexibility index (Phi) is 16.1. The molecular formula is C22H46NO7P. The Morgan fingerprint density at radius 3 is 1.97 bits per heavy atom. The summed E-state index contributed by atoms with van der Waals surface area (Å²) >= 11 is 0. The summed E-state index contributed by atoms with van der Waals surface area (Å²) in [6, 6.07) is 0. The third-order valence-electron chi connectivity index (χ3n) is 4.81. The van der Waals surface area contributed by atoms with E-state index in [1.165, 1.54) is 12.8 Å². The van der Waals surface area contributed by atoms with Crippen LogP contribution in [0, 0.1) is 5.41 Å². The van der Waals surface area contributed by atoms with Crippen molar-refractivity contribution in [2.24, 2.45) is 5.41 Å². The van der Waals surface area contributed by atoms with E-state index < -0.39 is 33.3 Å². The zero-order valence-corrected chi connectivity index (χ0v) is 21.4. The number of nitrogens with zero attached hydrogens (tertiary/aromatic N) is 1. The normalized spacial score (nSPS) is 15.6. The van der Waals surface area contributed by atoms with Crippen LogP contribution in [0.5, 0.6) is 0 Å². The number of quaternary nitrogens is 1. The van der Waals surface area contributed by atoms with E-state index in [4.69, 9.17) is 18.9 Å². The summed E-state index contributed by atoms with van der Waals surface area (Å²) < 4.78 is 16.2. The molecule has 0 aromatic carbocycles. The van der Waals surface area contributed by atoms with Crippen molar-refractivity contribution in [1.29, 1.82) is 0 Å². The van der Waals surface area contributed by atoms with Gasteiger partial charge in [-0.05, 0) is 24.7 Å². The van der Waals surface area contributed by atoms with Gasteiger partial charge in [0.15, 0.2) is 0 Å². The highest BCUT2D eigenvalue weighted by Gasteiger charge is 2.29. The molecule has 2 N–H and O–H groups in total. The number of hydrogen-bond acceptors (Lipinski definition) is 6. The molecule has 0 aromatic heterocycles. The minimum Gasteiger partial charge on any atom is -0.804 e. The summed E-state index contributed by atoms with van der Waals surface area (Å²) in [6.07, 6.45) is 5.65. The minimum absolute atomic E-state index is 0.00976. The number of rotatable bonds is 19. The Balaban J connectivity index is 3.74. The van der Waals surface area contributed by atoms with Crippen LogP contribution in [0.15, 0.2) is 0 Å². The van der Waals surface area contributed by atoms with E-state index in [1.807, 2.05) is 0 Å². The standard InChI is InChI=1S/C22H46NO7P/c1-22(2,3)14-17-28-15-12-10-8-7-9-11-13-16-29-31(27)30-19(18-20(24)25)21(26)23(4,5)6/h19,21,27H,7-18H2,1-6H3,(H,24,25). The first-order valence-corrected chi connectivity index (χ1v) is 12.5. The van der Waals surface area contributed by atoms with E-state index >= 15 is 0 Å². The number of unbranched alkanes of at least 4 members (excludes halogenated alkanes) is 6. The van der Waals surface area contributed by atoms with Crippen LogP contribution < -0.4 is 5.11 Å². The number of hydrogen-bond donors (Lipinski definition) is 2. The Bertz CT molecular complexity index is 466. The van der Waals surface area contributed by atoms with Gasteiger partial charge in [0.25, 0.3) is 0 Å². The molecule has 9 heteroatoms. The fourth-order valence-electron chi connectivity index (χ4n) is 2.82. The van der Waals surface area contributed by atoms with Gasteiger partial charge in [0, 0.05) is 19.4 Å². The van der Waals surface area contributed by atoms with Crippen LogP contribution in [-0.4, -0.2) is 73.7 Å². The van der Waals surface area contributed by atoms with Gasteiger partial charge in [0.05, 0.1) is 34.2 Å². The van der Waals surface area contributed by atoms with Crippen molar-refractivity contribution in [3.8, 4) is 0 Å². The monoisotopic (exact) mass is 467 g/mol. The molecule has 3 atom stereocenters. The molecule has 0 rings (SSSR count). The number of ether oxygens (including phenoxy) is 1. The van der Waals surface area contributed by atoms with Crippen LogP contribution in [0.1, 0.15) is 78.6 Å². The zero-order valence-electron chi connectivity index (χ0n) is 20.5. The number of carboxylic acid groups (broad SMARTS) is 1. The van der Waals surface area contributed by atoms with Gasteiger partial charge in [0.2, 0.25) is 0 Å². The lowest BCUT2D eigenvalue weighted by Gasteiger charge is -2.42. The lowest BCUT2D eigenvalue weighted by Crippen LogP contribution is -2.60. The fraction of sp³-hybridized carbons (Fsp3) is 0.955. The second-order valence-corrected chi connectivity index (χ2v) is 11.2. The van der Waals surface area contributed by atoms with E-state index in [-0.39, 0.29) is 4.48 Å². The number of aliphatic carboxylic acids is 1. The predicted octanol–water partition coefficient (Wildman–Crippen LogP) is 3.66. The Labute approximate surface area is 190 Å². The van der Waals surface area contributed by atoms with Gasteiger partial charge in [-0.2, -0.15) is 0 Å². The predicted molar refractivity (Wildman–Crippen MR) is 121 cm³/mol. The third-order valence-corrected chi connectivity index (χ3v) is 5.67. The highest BCUT2D eigenvalue weighted by Crippen LogP contribution is 2.36. The van der Waals surface area contributed by atoms with Gasteiger partial charge in [0.1, 0.15) is 6.10 Å². The average molecular weight is 468 g/mol. The molecule has 8 nitrogen and oxygen atoms in total. The van der Waals surface area contributed by atoms with Crippen LogP contribution in [0.2, 0.25) is 0 Å². The van der Waals surface area contributed by atoms with Crippen LogP contribution in [0.4, 0.5) is 0 Å². The van der Waals surface area contributed by atoms with Gasteiger partial charge in [-0.1, -0.05) is 52.9 Å². The molecule has 0 aromatic rings. The largest absolute Gasteiger partial charge is 0.804 e. The Morgan fingerprint density at radius 2 is 1.48 bits per heavy atom. The summed E-state index contributed by atoms with van der Waals surface area (Å²) in [6.45, 7) is 8.67. The first kappa shape index (κ1) is 30.7. The van der Waals surface area contributed by atoms with Crippen molar-refractivity contribution in [1.82, 2.24) is 0 Å². The average Bonchev–Trinajstić information content (AvgIpc) is 2.62. The van der Waals surface area contributed by atoms with Crippen molar-refractivity contribution in [3.05, 3.63) is 0 Å². The van der Waals surface area contributed by atoms with Gasteiger partial charge in [-0.25, -0.2) is 0 Å². The highest BCUT2D eigenvalue weighted by molar-refractivity contribution is 7.40. The van der Waals surface area contributed by atoms with E-state index in [0.29, 0.717) is 12.0 Å². The number of carbonyl (C=O) groups is 1. The first-order chi connectivity index (χ1) is 14.3. The Morgan fingerprint density at radius 1 is 0.968 bits per heavy atom. The van der Waals surface area contributed by atoms with Gasteiger partial charge in [-0.3, -0.25) is 4.79 Å². The molecule has 0 saturated carbocycles. The van der Waals surface area contributed by atoms with Crippen LogP contribution in [0.3, 0.4) is 0 Å². The number of likely N-dealkylation sites (N-methyl/N-ethyl adjacent to an activating group) is 1. The molecule has 0 aliphatic rings. The van der Waals surface area contributed by atoms with Crippen molar-refractivity contribution in [2.75, 3.05) is 41.0 Å². The zero-order chi connectivity index (χ0) is 23.9. The summed E-state index contributed by atoms with van der Waals surface area (Å²) in [7, 11) is 2.73. The lowest BCUT2D eigenvalue weighted by atomic mass is 9.93. The summed E-state index contributed by atoms with van der Waals surface area (Å²) in [4.78, 5) is 20.9. The van der Waals surface area contributed by atoms with E-state index in [0.717, 1.165) is 51.7 Å². The molecule has 0 fully saturated rings. The molecule has 0 bridgehead atoms. The van der Waals surface area contributed by atoms with E-state index in [9.17, 15) is 14.8 Å². The van der Waals surface area contributed by atoms with Crippen LogP contribution in [-0.2, 0) is 18.6 Å². The quantitative estimate of drug-likeness (QED) is 0.129. The maximum atomic E-state index is 12.4. The molecular weight excluding hydrogens is 421 g/mol. The van der Waals surface area contributed by atoms with Crippen molar-refractivity contribution >= 4 is 14.6 Å². The fourth-order valence-corrected chi connectivity index (χ4v) is 3.58. The lowest BCUT2D eigenvalue weighted by molar-refractivity contribution is -0.973. The molecule has 31 heavy (non-hydrogen) atoms. The second kappa shape index (κ2) is 16.3.